The molecule has 2 aromatic rings. The molecular formula is C22H26N3O5P. The van der Waals surface area contributed by atoms with Crippen LogP contribution >= 0.6 is 8.38 Å². The molecule has 1 aliphatic heterocycles. The first-order valence-corrected chi connectivity index (χ1v) is 11.2. The topological polar surface area (TPSA) is 104 Å². The van der Waals surface area contributed by atoms with Crippen molar-refractivity contribution in [2.45, 2.75) is 33.3 Å². The van der Waals surface area contributed by atoms with Gasteiger partial charge in [-0.15, -0.1) is 0 Å². The van der Waals surface area contributed by atoms with Gasteiger partial charge in [0.1, 0.15) is 23.1 Å². The van der Waals surface area contributed by atoms with E-state index in [9.17, 15) is 14.6 Å². The minimum atomic E-state index is -2.16. The van der Waals surface area contributed by atoms with Crippen LogP contribution in [0.25, 0.3) is 0 Å². The van der Waals surface area contributed by atoms with E-state index in [4.69, 9.17) is 9.47 Å². The first-order valence-electron chi connectivity index (χ1n) is 9.93. The van der Waals surface area contributed by atoms with Crippen molar-refractivity contribution >= 4 is 25.4 Å². The maximum Gasteiger partial charge on any atom is 0.256 e. The van der Waals surface area contributed by atoms with Gasteiger partial charge in [-0.2, -0.15) is 5.10 Å². The van der Waals surface area contributed by atoms with E-state index < -0.39 is 8.38 Å². The number of rotatable bonds is 7. The molecule has 1 amide bonds. The van der Waals surface area contributed by atoms with Gasteiger partial charge in [0.05, 0.1) is 6.10 Å². The standard InChI is InChI=1S/C22H26N3O5P/c1-4-25-11-5-6-21(24-25)23-22(26)16-12-18(29-15(2)3)14-19(13-16)30-17-7-9-20(10-8-17)31(27)28/h5,7-15,27-28H,4,6H2,1-3H3,(H,23,24,26). The van der Waals surface area contributed by atoms with Crippen LogP contribution in [0.4, 0.5) is 0 Å². The highest BCUT2D eigenvalue weighted by molar-refractivity contribution is 7.54. The van der Waals surface area contributed by atoms with Gasteiger partial charge in [-0.05, 0) is 57.2 Å². The van der Waals surface area contributed by atoms with Crippen molar-refractivity contribution in [3.8, 4) is 17.2 Å². The molecule has 2 aromatic carbocycles. The molecule has 0 bridgehead atoms. The van der Waals surface area contributed by atoms with E-state index in [1.165, 1.54) is 0 Å². The average Bonchev–Trinajstić information content (AvgIpc) is 2.73. The Bertz CT molecular complexity index is 974. The van der Waals surface area contributed by atoms with E-state index in [1.54, 1.807) is 47.5 Å². The van der Waals surface area contributed by atoms with Crippen LogP contribution in [0.2, 0.25) is 0 Å². The zero-order valence-electron chi connectivity index (χ0n) is 17.6. The Morgan fingerprint density at radius 1 is 1.16 bits per heavy atom. The van der Waals surface area contributed by atoms with Crippen molar-refractivity contribution in [2.75, 3.05) is 6.54 Å². The summed E-state index contributed by atoms with van der Waals surface area (Å²) in [4.78, 5) is 31.5. The van der Waals surface area contributed by atoms with E-state index in [2.05, 4.69) is 10.4 Å². The molecule has 0 unspecified atom stereocenters. The Balaban J connectivity index is 1.82. The molecule has 3 rings (SSSR count). The molecule has 3 N–H and O–H groups in total. The monoisotopic (exact) mass is 443 g/mol. The Kier molecular flexibility index (Phi) is 7.63. The van der Waals surface area contributed by atoms with Gasteiger partial charge < -0.3 is 24.6 Å². The predicted molar refractivity (Wildman–Crippen MR) is 121 cm³/mol. The van der Waals surface area contributed by atoms with E-state index in [0.717, 1.165) is 0 Å². The Labute approximate surface area is 182 Å². The molecule has 1 aliphatic rings. The van der Waals surface area contributed by atoms with Gasteiger partial charge in [-0.25, -0.2) is 0 Å². The molecule has 0 fully saturated rings. The molecule has 0 saturated heterocycles. The molecular weight excluding hydrogens is 417 g/mol. The van der Waals surface area contributed by atoms with Gasteiger partial charge >= 0.3 is 0 Å². The zero-order chi connectivity index (χ0) is 22.4. The number of ether oxygens (including phenoxy) is 2. The predicted octanol–water partition coefficient (Wildman–Crippen LogP) is 3.47. The van der Waals surface area contributed by atoms with Crippen molar-refractivity contribution < 1.29 is 24.1 Å². The number of nitrogens with zero attached hydrogens (tertiary/aromatic N) is 2. The lowest BCUT2D eigenvalue weighted by Gasteiger charge is -2.19. The highest BCUT2D eigenvalue weighted by Crippen LogP contribution is 2.29. The number of carbonyl (C=O) groups excluding carboxylic acids is 1. The van der Waals surface area contributed by atoms with Crippen LogP contribution in [0.15, 0.2) is 59.8 Å². The molecule has 0 radical (unpaired) electrons. The van der Waals surface area contributed by atoms with Gasteiger partial charge in [-0.1, -0.05) is 6.08 Å². The quantitative estimate of drug-likeness (QED) is 0.566. The first-order chi connectivity index (χ1) is 14.8. The fourth-order valence-corrected chi connectivity index (χ4v) is 3.27. The van der Waals surface area contributed by atoms with Crippen LogP contribution in [0.3, 0.4) is 0 Å². The average molecular weight is 443 g/mol. The van der Waals surface area contributed by atoms with Gasteiger partial charge in [0, 0.05) is 36.1 Å². The second-order valence-electron chi connectivity index (χ2n) is 7.09. The van der Waals surface area contributed by atoms with E-state index in [1.807, 2.05) is 33.0 Å². The summed E-state index contributed by atoms with van der Waals surface area (Å²) < 4.78 is 11.7. The summed E-state index contributed by atoms with van der Waals surface area (Å²) in [5, 5.41) is 9.39. The van der Waals surface area contributed by atoms with Crippen molar-refractivity contribution in [3.63, 3.8) is 0 Å². The summed E-state index contributed by atoms with van der Waals surface area (Å²) in [5.41, 5.74) is 0.374. The minimum Gasteiger partial charge on any atom is -0.491 e. The van der Waals surface area contributed by atoms with Crippen LogP contribution < -0.4 is 20.1 Å². The fourth-order valence-electron chi connectivity index (χ4n) is 2.86. The third kappa shape index (κ3) is 6.52. The molecule has 164 valence electrons. The number of hydrogen-bond acceptors (Lipinski definition) is 7. The molecule has 9 heteroatoms. The fraction of sp³-hybridized carbons (Fsp3) is 0.273. The van der Waals surface area contributed by atoms with E-state index in [0.29, 0.717) is 46.9 Å². The molecule has 1 heterocycles. The van der Waals surface area contributed by atoms with Crippen molar-refractivity contribution in [2.24, 2.45) is 5.10 Å². The Hall–Kier alpha value is -2.93. The van der Waals surface area contributed by atoms with E-state index >= 15 is 0 Å². The first kappa shape index (κ1) is 22.7. The number of nitrogens with one attached hydrogen (secondary N) is 1. The summed E-state index contributed by atoms with van der Waals surface area (Å²) >= 11 is 0. The molecule has 0 saturated carbocycles. The molecule has 0 spiro atoms. The number of hydrazone groups is 1. The van der Waals surface area contributed by atoms with Crippen LogP contribution in [-0.2, 0) is 0 Å². The molecule has 0 atom stereocenters. The number of benzene rings is 2. The number of amidine groups is 1. The highest BCUT2D eigenvalue weighted by Gasteiger charge is 2.15. The smallest absolute Gasteiger partial charge is 0.256 e. The summed E-state index contributed by atoms with van der Waals surface area (Å²) in [5.74, 6) is 1.67. The second kappa shape index (κ2) is 10.4. The summed E-state index contributed by atoms with van der Waals surface area (Å²) in [6.45, 7) is 6.48. The van der Waals surface area contributed by atoms with Gasteiger partial charge in [-0.3, -0.25) is 9.80 Å². The normalized spacial score (nSPS) is 13.4. The van der Waals surface area contributed by atoms with Crippen molar-refractivity contribution in [3.05, 3.63) is 60.3 Å². The zero-order valence-corrected chi connectivity index (χ0v) is 18.5. The number of carbonyl (C=O) groups is 1. The summed E-state index contributed by atoms with van der Waals surface area (Å²) in [6, 6.07) is 11.4. The third-order valence-corrected chi connectivity index (χ3v) is 5.00. The molecule has 8 nitrogen and oxygen atoms in total. The maximum atomic E-state index is 12.9. The molecule has 0 aromatic heterocycles. The molecule has 0 aliphatic carbocycles. The number of hydrogen-bond donors (Lipinski definition) is 3. The van der Waals surface area contributed by atoms with Crippen LogP contribution in [-0.4, -0.2) is 39.2 Å². The minimum absolute atomic E-state index is 0.0789. The van der Waals surface area contributed by atoms with Gasteiger partial charge in [0.2, 0.25) is 0 Å². The summed E-state index contributed by atoms with van der Waals surface area (Å²) in [6.07, 6.45) is 4.27. The molecule has 31 heavy (non-hydrogen) atoms. The van der Waals surface area contributed by atoms with Crippen molar-refractivity contribution in [1.29, 1.82) is 0 Å². The van der Waals surface area contributed by atoms with Crippen LogP contribution in [0.5, 0.6) is 17.2 Å². The Morgan fingerprint density at radius 3 is 2.52 bits per heavy atom. The van der Waals surface area contributed by atoms with Crippen LogP contribution in [0.1, 0.15) is 37.6 Å². The second-order valence-corrected chi connectivity index (χ2v) is 8.19. The highest BCUT2D eigenvalue weighted by atomic mass is 31.2. The lowest BCUT2D eigenvalue weighted by atomic mass is 10.1. The van der Waals surface area contributed by atoms with Crippen molar-refractivity contribution in [1.82, 2.24) is 10.3 Å². The van der Waals surface area contributed by atoms with E-state index in [-0.39, 0.29) is 12.0 Å². The van der Waals surface area contributed by atoms with Gasteiger partial charge in [0.25, 0.3) is 5.91 Å². The number of amides is 1. The lowest BCUT2D eigenvalue weighted by Crippen LogP contribution is -2.33. The van der Waals surface area contributed by atoms with Crippen LogP contribution in [0, 0.1) is 0 Å². The maximum absolute atomic E-state index is 12.9. The SMILES string of the molecule is CCN1C=CCC(NC(=O)c2cc(Oc3ccc(P(O)O)cc3)cc(OC(C)C)c2)=N1. The third-order valence-electron chi connectivity index (χ3n) is 4.24. The summed E-state index contributed by atoms with van der Waals surface area (Å²) in [7, 11) is -2.16. The largest absolute Gasteiger partial charge is 0.491 e. The Morgan fingerprint density at radius 2 is 1.87 bits per heavy atom. The van der Waals surface area contributed by atoms with Gasteiger partial charge in [0.15, 0.2) is 8.38 Å². The lowest BCUT2D eigenvalue weighted by molar-refractivity contribution is 0.0974.